The second kappa shape index (κ2) is 8.23. The van der Waals surface area contributed by atoms with Gasteiger partial charge in [-0.25, -0.2) is 4.79 Å². The molecule has 7 nitrogen and oxygen atoms in total. The Balaban J connectivity index is 1.59. The average molecular weight is 422 g/mol. The number of rotatable bonds is 5. The quantitative estimate of drug-likeness (QED) is 0.651. The van der Waals surface area contributed by atoms with Gasteiger partial charge in [0.1, 0.15) is 5.03 Å². The van der Waals surface area contributed by atoms with Gasteiger partial charge in [0, 0.05) is 29.9 Å². The van der Waals surface area contributed by atoms with Crippen LogP contribution in [0.4, 0.5) is 16.2 Å². The fourth-order valence-electron chi connectivity index (χ4n) is 3.53. The summed E-state index contributed by atoms with van der Waals surface area (Å²) in [5.41, 5.74) is 2.58. The molecule has 154 valence electrons. The van der Waals surface area contributed by atoms with Crippen LogP contribution in [0, 0.1) is 6.92 Å². The van der Waals surface area contributed by atoms with Crippen LogP contribution >= 0.6 is 11.8 Å². The molecule has 0 saturated carbocycles. The van der Waals surface area contributed by atoms with Crippen molar-refractivity contribution < 1.29 is 9.59 Å². The molecule has 2 aromatic carbocycles. The molecule has 30 heavy (non-hydrogen) atoms. The number of nitrogens with one attached hydrogen (secondary N) is 2. The van der Waals surface area contributed by atoms with Crippen LogP contribution in [-0.2, 0) is 7.05 Å². The third-order valence-electron chi connectivity index (χ3n) is 4.94. The second-order valence-corrected chi connectivity index (χ2v) is 8.28. The minimum Gasteiger partial charge on any atom is -0.336 e. The first-order valence-electron chi connectivity index (χ1n) is 9.69. The maximum absolute atomic E-state index is 13.1. The van der Waals surface area contributed by atoms with Gasteiger partial charge in [0.05, 0.1) is 17.3 Å². The van der Waals surface area contributed by atoms with Crippen LogP contribution in [0.25, 0.3) is 0 Å². The summed E-state index contributed by atoms with van der Waals surface area (Å²) in [6.45, 7) is 4.41. The molecule has 3 amide bonds. The predicted molar refractivity (Wildman–Crippen MR) is 118 cm³/mol. The molecule has 4 rings (SSSR count). The van der Waals surface area contributed by atoms with Crippen LogP contribution in [0.3, 0.4) is 0 Å². The summed E-state index contributed by atoms with van der Waals surface area (Å²) >= 11 is 1.50. The molecule has 2 heterocycles. The lowest BCUT2D eigenvalue weighted by atomic mass is 10.2. The molecular weight excluding hydrogens is 398 g/mol. The van der Waals surface area contributed by atoms with Crippen LogP contribution in [0.2, 0.25) is 0 Å². The number of aromatic nitrogens is 2. The molecule has 1 aliphatic rings. The van der Waals surface area contributed by atoms with Crippen molar-refractivity contribution in [2.24, 2.45) is 7.05 Å². The van der Waals surface area contributed by atoms with E-state index in [-0.39, 0.29) is 18.0 Å². The highest BCUT2D eigenvalue weighted by atomic mass is 32.2. The summed E-state index contributed by atoms with van der Waals surface area (Å²) in [5, 5.41) is 11.0. The normalized spacial score (nSPS) is 15.9. The molecule has 0 aliphatic carbocycles. The molecule has 2 N–H and O–H groups in total. The lowest BCUT2D eigenvalue weighted by molar-refractivity contribution is 0.102. The van der Waals surface area contributed by atoms with E-state index in [1.165, 1.54) is 11.8 Å². The number of hydrogen-bond acceptors (Lipinski definition) is 4. The number of anilines is 2. The highest BCUT2D eigenvalue weighted by molar-refractivity contribution is 7.99. The topological polar surface area (TPSA) is 79.3 Å². The number of urea groups is 1. The van der Waals surface area contributed by atoms with Gasteiger partial charge in [-0.2, -0.15) is 5.10 Å². The van der Waals surface area contributed by atoms with Crippen LogP contribution in [-0.4, -0.2) is 34.3 Å². The summed E-state index contributed by atoms with van der Waals surface area (Å²) < 4.78 is 1.73. The maximum atomic E-state index is 13.1. The lowest BCUT2D eigenvalue weighted by Crippen LogP contribution is -2.32. The largest absolute Gasteiger partial charge is 0.336 e. The van der Waals surface area contributed by atoms with E-state index in [4.69, 9.17) is 0 Å². The minimum absolute atomic E-state index is 0.0536. The fraction of sp³-hybridized carbons (Fsp3) is 0.227. The Morgan fingerprint density at radius 3 is 2.67 bits per heavy atom. The molecule has 1 atom stereocenters. The van der Waals surface area contributed by atoms with Gasteiger partial charge in [-0.05, 0) is 44.2 Å². The van der Waals surface area contributed by atoms with Crippen molar-refractivity contribution in [3.8, 4) is 0 Å². The van der Waals surface area contributed by atoms with Crippen molar-refractivity contribution in [3.05, 3.63) is 65.9 Å². The monoisotopic (exact) mass is 421 g/mol. The summed E-state index contributed by atoms with van der Waals surface area (Å²) in [4.78, 5) is 28.0. The number of benzene rings is 2. The highest BCUT2D eigenvalue weighted by Crippen LogP contribution is 2.32. The Bertz CT molecular complexity index is 1100. The van der Waals surface area contributed by atoms with Crippen molar-refractivity contribution in [3.63, 3.8) is 0 Å². The van der Waals surface area contributed by atoms with Crippen molar-refractivity contribution in [1.82, 2.24) is 15.1 Å². The Labute approximate surface area is 179 Å². The van der Waals surface area contributed by atoms with Crippen LogP contribution in [0.15, 0.2) is 64.5 Å². The zero-order valence-corrected chi connectivity index (χ0v) is 17.9. The third-order valence-corrected chi connectivity index (χ3v) is 6.11. The van der Waals surface area contributed by atoms with Crippen molar-refractivity contribution in [2.75, 3.05) is 16.8 Å². The molecule has 1 unspecified atom stereocenters. The van der Waals surface area contributed by atoms with Gasteiger partial charge in [-0.3, -0.25) is 14.4 Å². The molecule has 1 fully saturated rings. The Hall–Kier alpha value is -3.26. The molecule has 3 aromatic rings. The summed E-state index contributed by atoms with van der Waals surface area (Å²) in [6, 6.07) is 17.1. The third kappa shape index (κ3) is 3.91. The van der Waals surface area contributed by atoms with E-state index in [1.807, 2.05) is 75.5 Å². The van der Waals surface area contributed by atoms with Gasteiger partial charge >= 0.3 is 6.03 Å². The van der Waals surface area contributed by atoms with Crippen molar-refractivity contribution >= 4 is 35.1 Å². The smallest absolute Gasteiger partial charge is 0.322 e. The Kier molecular flexibility index (Phi) is 5.50. The van der Waals surface area contributed by atoms with E-state index >= 15 is 0 Å². The summed E-state index contributed by atoms with van der Waals surface area (Å²) in [5.74, 6) is -0.227. The predicted octanol–water partition coefficient (Wildman–Crippen LogP) is 4.05. The highest BCUT2D eigenvalue weighted by Gasteiger charge is 2.28. The molecule has 1 aromatic heterocycles. The van der Waals surface area contributed by atoms with Crippen LogP contribution in [0.5, 0.6) is 0 Å². The molecular formula is C22H23N5O2S. The van der Waals surface area contributed by atoms with Gasteiger partial charge in [0.25, 0.3) is 5.91 Å². The zero-order valence-electron chi connectivity index (χ0n) is 17.0. The standard InChI is InChI=1S/C22H23N5O2S/c1-14-13-23-22(29)27(14)17-9-7-8-16(12-17)24-20(28)19-15(2)25-26(3)21(19)30-18-10-5-4-6-11-18/h4-12,14H,13H2,1-3H3,(H,23,29)(H,24,28). The maximum Gasteiger partial charge on any atom is 0.322 e. The van der Waals surface area contributed by atoms with E-state index in [0.29, 0.717) is 23.5 Å². The van der Waals surface area contributed by atoms with Gasteiger partial charge in [-0.1, -0.05) is 36.0 Å². The second-order valence-electron chi connectivity index (χ2n) is 7.21. The molecule has 0 bridgehead atoms. The molecule has 0 spiro atoms. The Morgan fingerprint density at radius 2 is 1.97 bits per heavy atom. The number of nitrogens with zero attached hydrogens (tertiary/aromatic N) is 3. The first kappa shape index (κ1) is 20.0. The molecule has 1 saturated heterocycles. The van der Waals surface area contributed by atoms with Gasteiger partial charge in [0.15, 0.2) is 0 Å². The van der Waals surface area contributed by atoms with Crippen molar-refractivity contribution in [1.29, 1.82) is 0 Å². The van der Waals surface area contributed by atoms with Gasteiger partial charge in [-0.15, -0.1) is 0 Å². The van der Waals surface area contributed by atoms with Gasteiger partial charge < -0.3 is 10.6 Å². The van der Waals surface area contributed by atoms with E-state index in [1.54, 1.807) is 9.58 Å². The zero-order chi connectivity index (χ0) is 21.3. The lowest BCUT2D eigenvalue weighted by Gasteiger charge is -2.20. The number of carbonyl (C=O) groups excluding carboxylic acids is 2. The Morgan fingerprint density at radius 1 is 1.20 bits per heavy atom. The first-order chi connectivity index (χ1) is 14.4. The number of hydrogen-bond donors (Lipinski definition) is 2. The van der Waals surface area contributed by atoms with E-state index in [0.717, 1.165) is 15.6 Å². The number of carbonyl (C=O) groups is 2. The van der Waals surface area contributed by atoms with E-state index in [9.17, 15) is 9.59 Å². The minimum atomic E-state index is -0.227. The molecule has 8 heteroatoms. The summed E-state index contributed by atoms with van der Waals surface area (Å²) in [7, 11) is 1.84. The fourth-order valence-corrected chi connectivity index (χ4v) is 4.56. The molecule has 0 radical (unpaired) electrons. The SMILES string of the molecule is Cc1nn(C)c(Sc2ccccc2)c1C(=O)Nc1cccc(N2C(=O)NCC2C)c1. The number of aryl methyl sites for hydroxylation is 2. The van der Waals surface area contributed by atoms with Gasteiger partial charge in [0.2, 0.25) is 0 Å². The van der Waals surface area contributed by atoms with E-state index in [2.05, 4.69) is 15.7 Å². The van der Waals surface area contributed by atoms with E-state index < -0.39 is 0 Å². The van der Waals surface area contributed by atoms with Crippen LogP contribution < -0.4 is 15.5 Å². The summed E-state index contributed by atoms with van der Waals surface area (Å²) in [6.07, 6.45) is 0. The number of amides is 3. The molecule has 1 aliphatic heterocycles. The first-order valence-corrected chi connectivity index (χ1v) is 10.5. The van der Waals surface area contributed by atoms with Crippen LogP contribution in [0.1, 0.15) is 23.0 Å². The van der Waals surface area contributed by atoms with Crippen molar-refractivity contribution in [2.45, 2.75) is 29.8 Å². The average Bonchev–Trinajstić information content (AvgIpc) is 3.20.